The van der Waals surface area contributed by atoms with Crippen molar-refractivity contribution in [3.05, 3.63) is 12.7 Å². The molecular weight excluding hydrogens is 299 g/mol. The van der Waals surface area contributed by atoms with Crippen molar-refractivity contribution in [2.24, 2.45) is 5.92 Å². The van der Waals surface area contributed by atoms with Gasteiger partial charge in [-0.25, -0.2) is 9.37 Å². The molecule has 1 aromatic heterocycles. The Balaban J connectivity index is 1.42. The highest BCUT2D eigenvalue weighted by Crippen LogP contribution is 2.27. The van der Waals surface area contributed by atoms with Gasteiger partial charge in [-0.15, -0.1) is 0 Å². The van der Waals surface area contributed by atoms with Crippen molar-refractivity contribution in [2.75, 3.05) is 13.1 Å². The number of hydrogen-bond donors (Lipinski definition) is 1. The quantitative estimate of drug-likeness (QED) is 0.853. The molecule has 4 atom stereocenters. The average Bonchev–Trinajstić information content (AvgIpc) is 3.26. The Hall–Kier alpha value is -2.01. The molecular formula is C15H21FN6O. The minimum Gasteiger partial charge on any atom is -0.323 e. The van der Waals surface area contributed by atoms with Crippen LogP contribution in [0.4, 0.5) is 4.39 Å². The summed E-state index contributed by atoms with van der Waals surface area (Å²) in [5.41, 5.74) is 0. The van der Waals surface area contributed by atoms with E-state index in [0.29, 0.717) is 5.92 Å². The summed E-state index contributed by atoms with van der Waals surface area (Å²) in [6.45, 7) is 1.06. The number of rotatable bonds is 5. The molecule has 1 aliphatic carbocycles. The number of nitrogens with one attached hydrogen (secondary N) is 1. The second-order valence-electron chi connectivity index (χ2n) is 6.40. The maximum absolute atomic E-state index is 13.4. The first-order valence-electron chi connectivity index (χ1n) is 8.04. The van der Waals surface area contributed by atoms with Gasteiger partial charge in [-0.3, -0.25) is 9.48 Å². The molecule has 7 nitrogen and oxygen atoms in total. The second-order valence-corrected chi connectivity index (χ2v) is 6.40. The lowest BCUT2D eigenvalue weighted by atomic mass is 10.1. The summed E-state index contributed by atoms with van der Waals surface area (Å²) in [5, 5.41) is 16.4. The lowest BCUT2D eigenvalue weighted by molar-refractivity contribution is -0.130. The van der Waals surface area contributed by atoms with Crippen LogP contribution in [0.3, 0.4) is 0 Å². The summed E-state index contributed by atoms with van der Waals surface area (Å²) in [7, 11) is 0. The number of alkyl halides is 1. The fourth-order valence-corrected chi connectivity index (χ4v) is 3.53. The van der Waals surface area contributed by atoms with Gasteiger partial charge in [0.2, 0.25) is 5.91 Å². The van der Waals surface area contributed by atoms with E-state index in [2.05, 4.69) is 15.4 Å². The number of carbonyl (C=O) groups excluding carboxylic acids is 1. The molecule has 23 heavy (non-hydrogen) atoms. The standard InChI is InChI=1S/C15H21FN6O/c16-12-4-14(5-17)22(8-12)15(23)6-19-13-2-1-11(3-13)7-21-10-18-9-20-21/h9-14,19H,1-4,6-8H2. The summed E-state index contributed by atoms with van der Waals surface area (Å²) in [4.78, 5) is 17.5. The zero-order chi connectivity index (χ0) is 16.2. The van der Waals surface area contributed by atoms with Crippen LogP contribution in [0.2, 0.25) is 0 Å². The Morgan fingerprint density at radius 1 is 1.43 bits per heavy atom. The van der Waals surface area contributed by atoms with Crippen molar-refractivity contribution in [2.45, 2.75) is 50.5 Å². The number of carbonyl (C=O) groups is 1. The van der Waals surface area contributed by atoms with Crippen LogP contribution in [0.5, 0.6) is 0 Å². The van der Waals surface area contributed by atoms with Gasteiger partial charge in [-0.1, -0.05) is 0 Å². The number of amides is 1. The van der Waals surface area contributed by atoms with Crippen molar-refractivity contribution >= 4 is 5.91 Å². The van der Waals surface area contributed by atoms with Gasteiger partial charge in [0.15, 0.2) is 0 Å². The van der Waals surface area contributed by atoms with Gasteiger partial charge in [-0.05, 0) is 25.2 Å². The van der Waals surface area contributed by atoms with Crippen LogP contribution in [0.25, 0.3) is 0 Å². The highest BCUT2D eigenvalue weighted by atomic mass is 19.1. The van der Waals surface area contributed by atoms with E-state index >= 15 is 0 Å². The molecule has 2 aliphatic rings. The molecule has 8 heteroatoms. The minimum absolute atomic E-state index is 0.0400. The van der Waals surface area contributed by atoms with Gasteiger partial charge in [0.25, 0.3) is 0 Å². The fourth-order valence-electron chi connectivity index (χ4n) is 3.53. The number of aromatic nitrogens is 3. The van der Waals surface area contributed by atoms with Crippen LogP contribution >= 0.6 is 0 Å². The average molecular weight is 320 g/mol. The first-order chi connectivity index (χ1) is 11.2. The third-order valence-electron chi connectivity index (χ3n) is 4.71. The molecule has 3 rings (SSSR count). The van der Waals surface area contributed by atoms with Gasteiger partial charge in [0, 0.05) is 19.0 Å². The van der Waals surface area contributed by atoms with Gasteiger partial charge in [0.1, 0.15) is 24.9 Å². The van der Waals surface area contributed by atoms with Crippen LogP contribution in [0.1, 0.15) is 25.7 Å². The van der Waals surface area contributed by atoms with Crippen molar-refractivity contribution in [3.63, 3.8) is 0 Å². The topological polar surface area (TPSA) is 86.8 Å². The molecule has 124 valence electrons. The highest BCUT2D eigenvalue weighted by molar-refractivity contribution is 5.79. The second kappa shape index (κ2) is 7.04. The molecule has 0 bridgehead atoms. The predicted molar refractivity (Wildman–Crippen MR) is 79.8 cm³/mol. The Bertz CT molecular complexity index is 571. The van der Waals surface area contributed by atoms with E-state index in [1.807, 2.05) is 10.8 Å². The van der Waals surface area contributed by atoms with Crippen LogP contribution in [0, 0.1) is 17.2 Å². The Labute approximate surface area is 134 Å². The maximum atomic E-state index is 13.4. The minimum atomic E-state index is -1.08. The lowest BCUT2D eigenvalue weighted by Crippen LogP contribution is -2.43. The molecule has 1 aliphatic heterocycles. The largest absolute Gasteiger partial charge is 0.323 e. The first kappa shape index (κ1) is 15.9. The van der Waals surface area contributed by atoms with Crippen molar-refractivity contribution in [1.82, 2.24) is 25.0 Å². The van der Waals surface area contributed by atoms with Gasteiger partial charge in [-0.2, -0.15) is 10.4 Å². The van der Waals surface area contributed by atoms with E-state index in [-0.39, 0.29) is 31.5 Å². The highest BCUT2D eigenvalue weighted by Gasteiger charge is 2.35. The zero-order valence-corrected chi connectivity index (χ0v) is 12.9. The molecule has 1 saturated heterocycles. The van der Waals surface area contributed by atoms with Crippen molar-refractivity contribution in [3.8, 4) is 6.07 Å². The van der Waals surface area contributed by atoms with E-state index in [9.17, 15) is 9.18 Å². The summed E-state index contributed by atoms with van der Waals surface area (Å²) in [6, 6.07) is 1.67. The first-order valence-corrected chi connectivity index (χ1v) is 8.04. The molecule has 1 saturated carbocycles. The normalized spacial score (nSPS) is 30.5. The fraction of sp³-hybridized carbons (Fsp3) is 0.733. The molecule has 2 fully saturated rings. The molecule has 0 aromatic carbocycles. The molecule has 1 amide bonds. The molecule has 0 radical (unpaired) electrons. The zero-order valence-electron chi connectivity index (χ0n) is 12.9. The lowest BCUT2D eigenvalue weighted by Gasteiger charge is -2.21. The van der Waals surface area contributed by atoms with E-state index in [0.717, 1.165) is 25.8 Å². The SMILES string of the molecule is N#CC1CC(F)CN1C(=O)CNC1CCC(Cn2cncn2)C1. The number of likely N-dealkylation sites (tertiary alicyclic amines) is 1. The Kier molecular flexibility index (Phi) is 4.86. The van der Waals surface area contributed by atoms with E-state index < -0.39 is 12.2 Å². The van der Waals surface area contributed by atoms with Crippen LogP contribution < -0.4 is 5.32 Å². The van der Waals surface area contributed by atoms with E-state index in [1.165, 1.54) is 11.2 Å². The van der Waals surface area contributed by atoms with Crippen molar-refractivity contribution < 1.29 is 9.18 Å². The van der Waals surface area contributed by atoms with Gasteiger partial charge in [0.05, 0.1) is 19.2 Å². The van der Waals surface area contributed by atoms with Gasteiger partial charge >= 0.3 is 0 Å². The number of nitrogens with zero attached hydrogens (tertiary/aromatic N) is 5. The summed E-state index contributed by atoms with van der Waals surface area (Å²) >= 11 is 0. The number of hydrogen-bond acceptors (Lipinski definition) is 5. The van der Waals surface area contributed by atoms with E-state index in [4.69, 9.17) is 5.26 Å². The third kappa shape index (κ3) is 3.85. The Morgan fingerprint density at radius 3 is 3.04 bits per heavy atom. The van der Waals surface area contributed by atoms with E-state index in [1.54, 1.807) is 6.33 Å². The molecule has 4 unspecified atom stereocenters. The van der Waals surface area contributed by atoms with Gasteiger partial charge < -0.3 is 10.2 Å². The number of nitriles is 1. The van der Waals surface area contributed by atoms with Crippen LogP contribution in [-0.4, -0.2) is 56.9 Å². The summed E-state index contributed by atoms with van der Waals surface area (Å²) in [6.07, 6.45) is 5.38. The number of halogens is 1. The summed E-state index contributed by atoms with van der Waals surface area (Å²) < 4.78 is 15.2. The predicted octanol–water partition coefficient (Wildman–Crippen LogP) is 0.499. The summed E-state index contributed by atoms with van der Waals surface area (Å²) in [5.74, 6) is 0.342. The molecule has 2 heterocycles. The molecule has 1 N–H and O–H groups in total. The smallest absolute Gasteiger partial charge is 0.237 e. The monoisotopic (exact) mass is 320 g/mol. The molecule has 1 aromatic rings. The van der Waals surface area contributed by atoms with Crippen LogP contribution in [0.15, 0.2) is 12.7 Å². The Morgan fingerprint density at radius 2 is 2.30 bits per heavy atom. The van der Waals surface area contributed by atoms with Crippen molar-refractivity contribution in [1.29, 1.82) is 5.26 Å². The molecule has 0 spiro atoms. The maximum Gasteiger partial charge on any atom is 0.237 e. The van der Waals surface area contributed by atoms with Crippen LogP contribution in [-0.2, 0) is 11.3 Å². The third-order valence-corrected chi connectivity index (χ3v) is 4.71.